The van der Waals surface area contributed by atoms with Crippen LogP contribution in [-0.2, 0) is 11.2 Å². The summed E-state index contributed by atoms with van der Waals surface area (Å²) in [6.07, 6.45) is -0.201. The number of benzene rings is 2. The predicted octanol–water partition coefficient (Wildman–Crippen LogP) is 2.06. The van der Waals surface area contributed by atoms with E-state index in [1.807, 2.05) is 0 Å². The van der Waals surface area contributed by atoms with E-state index in [0.717, 1.165) is 4.47 Å². The standard InChI is InChI=1S/C15H12BrNO3.H2O/c16-11-6-4-9(5-7-11)15(20)12-3-1-2-10(14(12)17)8-13(18)19;/h1-7H,8,17H2,(H,18,19);1H2. The second kappa shape index (κ2) is 7.01. The van der Waals surface area contributed by atoms with Crippen LogP contribution in [0.3, 0.4) is 0 Å². The first kappa shape index (κ1) is 16.9. The fourth-order valence-electron chi connectivity index (χ4n) is 1.88. The number of carboxylic acid groups (broad SMARTS) is 1. The van der Waals surface area contributed by atoms with E-state index < -0.39 is 5.97 Å². The van der Waals surface area contributed by atoms with Gasteiger partial charge < -0.3 is 16.3 Å². The molecule has 0 saturated carbocycles. The van der Waals surface area contributed by atoms with Crippen LogP contribution in [0.5, 0.6) is 0 Å². The van der Waals surface area contributed by atoms with E-state index in [4.69, 9.17) is 10.8 Å². The molecule has 0 radical (unpaired) electrons. The zero-order valence-corrected chi connectivity index (χ0v) is 12.6. The highest BCUT2D eigenvalue weighted by atomic mass is 79.9. The molecule has 0 amide bonds. The molecular formula is C15H14BrNO4. The van der Waals surface area contributed by atoms with E-state index in [2.05, 4.69) is 15.9 Å². The SMILES string of the molecule is Nc1c(CC(=O)O)cccc1C(=O)c1ccc(Br)cc1.O. The number of nitrogen functional groups attached to an aromatic ring is 1. The minimum Gasteiger partial charge on any atom is -0.481 e. The summed E-state index contributed by atoms with van der Waals surface area (Å²) in [5.74, 6) is -1.20. The number of carbonyl (C=O) groups excluding carboxylic acids is 1. The lowest BCUT2D eigenvalue weighted by molar-refractivity contribution is -0.136. The van der Waals surface area contributed by atoms with Crippen LogP contribution in [0.2, 0.25) is 0 Å². The van der Waals surface area contributed by atoms with Crippen molar-refractivity contribution in [2.75, 3.05) is 5.73 Å². The Morgan fingerprint density at radius 1 is 1.10 bits per heavy atom. The fraction of sp³-hybridized carbons (Fsp3) is 0.0667. The van der Waals surface area contributed by atoms with E-state index in [9.17, 15) is 9.59 Å². The summed E-state index contributed by atoms with van der Waals surface area (Å²) < 4.78 is 0.877. The molecule has 0 aliphatic carbocycles. The van der Waals surface area contributed by atoms with Gasteiger partial charge in [0.2, 0.25) is 0 Å². The summed E-state index contributed by atoms with van der Waals surface area (Å²) in [6, 6.07) is 11.8. The number of nitrogens with two attached hydrogens (primary N) is 1. The molecule has 2 rings (SSSR count). The number of anilines is 1. The van der Waals surface area contributed by atoms with Crippen LogP contribution < -0.4 is 5.73 Å². The molecule has 5 N–H and O–H groups in total. The average Bonchev–Trinajstić information content (AvgIpc) is 2.41. The Balaban J connectivity index is 0.00000220. The number of ketones is 1. The van der Waals surface area contributed by atoms with Crippen molar-refractivity contribution < 1.29 is 20.2 Å². The lowest BCUT2D eigenvalue weighted by Crippen LogP contribution is -2.10. The molecule has 0 aromatic heterocycles. The summed E-state index contributed by atoms with van der Waals surface area (Å²) in [7, 11) is 0. The Labute approximate surface area is 129 Å². The van der Waals surface area contributed by atoms with Crippen molar-refractivity contribution in [2.45, 2.75) is 6.42 Å². The van der Waals surface area contributed by atoms with Gasteiger partial charge >= 0.3 is 5.97 Å². The number of hydrogen-bond donors (Lipinski definition) is 2. The van der Waals surface area contributed by atoms with Crippen LogP contribution in [0.15, 0.2) is 46.9 Å². The van der Waals surface area contributed by atoms with E-state index in [-0.39, 0.29) is 23.4 Å². The number of aliphatic carboxylic acids is 1. The third-order valence-electron chi connectivity index (χ3n) is 2.89. The van der Waals surface area contributed by atoms with Crippen LogP contribution in [-0.4, -0.2) is 22.3 Å². The molecule has 2 aromatic rings. The van der Waals surface area contributed by atoms with Gasteiger partial charge in [0, 0.05) is 21.3 Å². The molecule has 0 unspecified atom stereocenters. The highest BCUT2D eigenvalue weighted by molar-refractivity contribution is 9.10. The second-order valence-electron chi connectivity index (χ2n) is 4.28. The highest BCUT2D eigenvalue weighted by Crippen LogP contribution is 2.22. The number of carbonyl (C=O) groups is 2. The minimum absolute atomic E-state index is 0. The first-order valence-electron chi connectivity index (χ1n) is 5.88. The maximum Gasteiger partial charge on any atom is 0.307 e. The molecule has 0 saturated heterocycles. The number of carboxylic acids is 1. The summed E-state index contributed by atoms with van der Waals surface area (Å²) >= 11 is 3.30. The molecule has 2 aromatic carbocycles. The molecule has 0 aliphatic heterocycles. The summed E-state index contributed by atoms with van der Waals surface area (Å²) in [5.41, 5.74) is 7.41. The van der Waals surface area contributed by atoms with Gasteiger partial charge in [-0.25, -0.2) is 0 Å². The number of halogens is 1. The normalized spacial score (nSPS) is 9.76. The average molecular weight is 352 g/mol. The largest absolute Gasteiger partial charge is 0.481 e. The van der Waals surface area contributed by atoms with E-state index in [1.165, 1.54) is 0 Å². The first-order chi connectivity index (χ1) is 9.49. The van der Waals surface area contributed by atoms with Crippen LogP contribution in [0.1, 0.15) is 21.5 Å². The molecule has 5 nitrogen and oxygen atoms in total. The molecule has 21 heavy (non-hydrogen) atoms. The summed E-state index contributed by atoms with van der Waals surface area (Å²) in [5, 5.41) is 8.82. The van der Waals surface area contributed by atoms with Gasteiger partial charge in [0.1, 0.15) is 0 Å². The van der Waals surface area contributed by atoms with Gasteiger partial charge in [0.15, 0.2) is 5.78 Å². The lowest BCUT2D eigenvalue weighted by Gasteiger charge is -2.09. The summed E-state index contributed by atoms with van der Waals surface area (Å²) in [4.78, 5) is 23.1. The van der Waals surface area contributed by atoms with Gasteiger partial charge in [-0.3, -0.25) is 9.59 Å². The predicted molar refractivity (Wildman–Crippen MR) is 83.4 cm³/mol. The van der Waals surface area contributed by atoms with Gasteiger partial charge in [-0.2, -0.15) is 0 Å². The quantitative estimate of drug-likeness (QED) is 0.648. The topological polar surface area (TPSA) is 112 Å². The van der Waals surface area contributed by atoms with Crippen molar-refractivity contribution in [2.24, 2.45) is 0 Å². The van der Waals surface area contributed by atoms with Crippen molar-refractivity contribution in [1.82, 2.24) is 0 Å². The monoisotopic (exact) mass is 351 g/mol. The number of hydrogen-bond acceptors (Lipinski definition) is 3. The van der Waals surface area contributed by atoms with Gasteiger partial charge in [-0.05, 0) is 35.9 Å². The number of para-hydroxylation sites is 1. The molecule has 110 valence electrons. The van der Waals surface area contributed by atoms with Gasteiger partial charge in [0.25, 0.3) is 0 Å². The molecule has 0 fully saturated rings. The van der Waals surface area contributed by atoms with E-state index >= 15 is 0 Å². The molecule has 6 heteroatoms. The van der Waals surface area contributed by atoms with E-state index in [0.29, 0.717) is 16.7 Å². The molecule has 0 spiro atoms. The smallest absolute Gasteiger partial charge is 0.307 e. The lowest BCUT2D eigenvalue weighted by atomic mass is 9.98. The fourth-order valence-corrected chi connectivity index (χ4v) is 2.15. The zero-order chi connectivity index (χ0) is 14.7. The highest BCUT2D eigenvalue weighted by Gasteiger charge is 2.15. The van der Waals surface area contributed by atoms with Crippen LogP contribution >= 0.6 is 15.9 Å². The number of rotatable bonds is 4. The maximum absolute atomic E-state index is 12.4. The van der Waals surface area contributed by atoms with Gasteiger partial charge in [-0.15, -0.1) is 0 Å². The first-order valence-corrected chi connectivity index (χ1v) is 6.68. The van der Waals surface area contributed by atoms with E-state index in [1.54, 1.807) is 42.5 Å². The zero-order valence-electron chi connectivity index (χ0n) is 11.0. The van der Waals surface area contributed by atoms with Crippen LogP contribution in [0.4, 0.5) is 5.69 Å². The van der Waals surface area contributed by atoms with Crippen molar-refractivity contribution in [1.29, 1.82) is 0 Å². The third kappa shape index (κ3) is 3.90. The van der Waals surface area contributed by atoms with Crippen molar-refractivity contribution in [3.05, 3.63) is 63.6 Å². The van der Waals surface area contributed by atoms with Gasteiger partial charge in [0.05, 0.1) is 6.42 Å². The van der Waals surface area contributed by atoms with Crippen LogP contribution in [0.25, 0.3) is 0 Å². The van der Waals surface area contributed by atoms with Gasteiger partial charge in [-0.1, -0.05) is 28.1 Å². The molecule has 0 aliphatic rings. The Bertz CT molecular complexity index is 668. The molecule has 0 heterocycles. The van der Waals surface area contributed by atoms with Crippen molar-refractivity contribution in [3.63, 3.8) is 0 Å². The van der Waals surface area contributed by atoms with Crippen LogP contribution in [0, 0.1) is 0 Å². The Morgan fingerprint density at radius 3 is 2.29 bits per heavy atom. The van der Waals surface area contributed by atoms with Crippen molar-refractivity contribution in [3.8, 4) is 0 Å². The Morgan fingerprint density at radius 2 is 1.71 bits per heavy atom. The Kier molecular flexibility index (Phi) is 5.63. The third-order valence-corrected chi connectivity index (χ3v) is 3.42. The van der Waals surface area contributed by atoms with Crippen molar-refractivity contribution >= 4 is 33.4 Å². The summed E-state index contributed by atoms with van der Waals surface area (Å²) in [6.45, 7) is 0. The maximum atomic E-state index is 12.4. The minimum atomic E-state index is -0.982. The Hall–Kier alpha value is -2.18. The molecule has 0 atom stereocenters. The second-order valence-corrected chi connectivity index (χ2v) is 5.20. The molecule has 0 bridgehead atoms. The molecular weight excluding hydrogens is 338 g/mol.